The highest BCUT2D eigenvalue weighted by molar-refractivity contribution is 5.89. The van der Waals surface area contributed by atoms with E-state index in [0.717, 1.165) is 44.1 Å². The first-order valence-electron chi connectivity index (χ1n) is 19.0. The number of nitrogens with zero attached hydrogens (tertiary/aromatic N) is 2. The van der Waals surface area contributed by atoms with Crippen LogP contribution in [0.5, 0.6) is 0 Å². The van der Waals surface area contributed by atoms with Crippen molar-refractivity contribution in [3.63, 3.8) is 0 Å². The quantitative estimate of drug-likeness (QED) is 0.322. The molecule has 1 aromatic heterocycles. The number of hydrogen-bond donors (Lipinski definition) is 1. The summed E-state index contributed by atoms with van der Waals surface area (Å²) in [6.45, 7) is 14.8. The summed E-state index contributed by atoms with van der Waals surface area (Å²) in [5.74, 6) is 1.43. The first-order chi connectivity index (χ1) is 23.3. The van der Waals surface area contributed by atoms with E-state index in [-0.39, 0.29) is 57.3 Å². The third-order valence-corrected chi connectivity index (χ3v) is 16.0. The fourth-order valence-electron chi connectivity index (χ4n) is 13.7. The van der Waals surface area contributed by atoms with Crippen molar-refractivity contribution in [1.82, 2.24) is 9.88 Å². The van der Waals surface area contributed by atoms with Crippen LogP contribution in [0.1, 0.15) is 109 Å². The van der Waals surface area contributed by atoms with Crippen molar-refractivity contribution in [2.24, 2.45) is 50.7 Å². The van der Waals surface area contributed by atoms with Gasteiger partial charge in [0, 0.05) is 43.2 Å². The van der Waals surface area contributed by atoms with Crippen molar-refractivity contribution in [3.05, 3.63) is 66.0 Å². The van der Waals surface area contributed by atoms with Gasteiger partial charge < -0.3 is 19.5 Å². The van der Waals surface area contributed by atoms with Gasteiger partial charge >= 0.3 is 5.97 Å². The number of aromatic nitrogens is 1. The van der Waals surface area contributed by atoms with Crippen LogP contribution in [0.25, 0.3) is 0 Å². The van der Waals surface area contributed by atoms with Gasteiger partial charge in [0.2, 0.25) is 5.91 Å². The zero-order valence-electron chi connectivity index (χ0n) is 30.4. The van der Waals surface area contributed by atoms with Crippen LogP contribution in [-0.4, -0.2) is 57.8 Å². The Balaban J connectivity index is 1.02. The van der Waals surface area contributed by atoms with Crippen molar-refractivity contribution in [2.45, 2.75) is 124 Å². The molecule has 7 nitrogen and oxygen atoms in total. The first kappa shape index (κ1) is 33.4. The van der Waals surface area contributed by atoms with E-state index in [2.05, 4.69) is 51.7 Å². The van der Waals surface area contributed by atoms with Crippen LogP contribution < -0.4 is 0 Å². The zero-order chi connectivity index (χ0) is 34.6. The van der Waals surface area contributed by atoms with Gasteiger partial charge in [-0.1, -0.05) is 65.0 Å². The Morgan fingerprint density at radius 3 is 2.43 bits per heavy atom. The van der Waals surface area contributed by atoms with Crippen molar-refractivity contribution in [2.75, 3.05) is 6.54 Å². The number of carbonyl (C=O) groups excluding carboxylic acids is 2. The number of rotatable bonds is 6. The molecule has 2 aromatic rings. The highest BCUT2D eigenvalue weighted by atomic mass is 16.5. The summed E-state index contributed by atoms with van der Waals surface area (Å²) in [7, 11) is 0. The molecule has 4 unspecified atom stereocenters. The maximum absolute atomic E-state index is 13.1. The molecule has 2 spiro atoms. The van der Waals surface area contributed by atoms with Gasteiger partial charge in [0.05, 0.1) is 23.9 Å². The maximum atomic E-state index is 13.1. The first-order valence-corrected chi connectivity index (χ1v) is 19.0. The molecule has 1 aromatic carbocycles. The van der Waals surface area contributed by atoms with Crippen LogP contribution in [0, 0.1) is 50.7 Å². The number of ether oxygens (including phenoxy) is 2. The van der Waals surface area contributed by atoms with Gasteiger partial charge in [-0.05, 0) is 109 Å². The summed E-state index contributed by atoms with van der Waals surface area (Å²) in [5.41, 5.74) is 1.75. The highest BCUT2D eigenvalue weighted by Crippen LogP contribution is 2.89. The van der Waals surface area contributed by atoms with Gasteiger partial charge in [0.25, 0.3) is 0 Å². The number of amides is 1. The molecule has 5 aliphatic carbocycles. The zero-order valence-corrected chi connectivity index (χ0v) is 30.4. The molecule has 1 amide bonds. The highest BCUT2D eigenvalue weighted by Gasteiger charge is 2.84. The average Bonchev–Trinajstić information content (AvgIpc) is 3.71. The van der Waals surface area contributed by atoms with E-state index in [1.54, 1.807) is 31.5 Å². The second-order valence-electron chi connectivity index (χ2n) is 18.2. The van der Waals surface area contributed by atoms with Gasteiger partial charge in [-0.15, -0.1) is 0 Å². The Morgan fingerprint density at radius 1 is 0.980 bits per heavy atom. The van der Waals surface area contributed by atoms with Gasteiger partial charge in [0.1, 0.15) is 6.10 Å². The molecule has 6 aliphatic rings. The Hall–Kier alpha value is -2.77. The summed E-state index contributed by atoms with van der Waals surface area (Å²) < 4.78 is 13.3. The molecule has 49 heavy (non-hydrogen) atoms. The number of aliphatic hydroxyl groups excluding tert-OH is 1. The van der Waals surface area contributed by atoms with E-state index >= 15 is 0 Å². The summed E-state index contributed by atoms with van der Waals surface area (Å²) in [4.78, 5) is 32.0. The predicted molar refractivity (Wildman–Crippen MR) is 187 cm³/mol. The monoisotopic (exact) mass is 668 g/mol. The molecule has 2 heterocycles. The predicted octanol–water partition coefficient (Wildman–Crippen LogP) is 7.47. The number of hydrogen-bond acceptors (Lipinski definition) is 6. The molecule has 7 heteroatoms. The fraction of sp³-hybridized carbons (Fsp3) is 0.690. The lowest BCUT2D eigenvalue weighted by molar-refractivity contribution is -0.183. The SMILES string of the molecule is CC(=O)N(Cc1ccccc1)CC1C[C@@H](C)[C@H]2C(O1)[C@H](O)[C@@]1(C)C3CC[C@H]4C(C)(C)C(OC(=O)c5cccnc5)CC[C@@]45C[C@@]35CC[C@]21C. The number of fused-ring (bicyclic) bond motifs is 4. The average molecular weight is 669 g/mol. The summed E-state index contributed by atoms with van der Waals surface area (Å²) in [6, 6.07) is 13.8. The standard InChI is InChI=1S/C42H56N2O5/c1-26-21-30(24-44(27(2)45)23-28-11-8-7-9-12-28)48-35-34(26)39(5)18-19-42-25-41(42)17-16-33(49-37(47)29-13-10-20-43-22-29)38(3,4)31(41)14-15-32(42)40(39,6)36(35)46/h7-13,20,22,26,30-36,46H,14-19,21,23-25H2,1-6H3/t26-,30?,31+,32?,33?,34+,35?,36+,39-,40-,41-,42+/m1/s1. The van der Waals surface area contributed by atoms with Crippen molar-refractivity contribution < 1.29 is 24.2 Å². The molecular formula is C42H56N2O5. The number of benzene rings is 1. The fourth-order valence-corrected chi connectivity index (χ4v) is 13.7. The molecule has 264 valence electrons. The second kappa shape index (κ2) is 11.4. The second-order valence-corrected chi connectivity index (χ2v) is 18.2. The Bertz CT molecular complexity index is 1600. The third kappa shape index (κ3) is 4.62. The molecule has 8 rings (SSSR count). The Morgan fingerprint density at radius 2 is 1.71 bits per heavy atom. The minimum absolute atomic E-state index is 0.00965. The number of aliphatic hydroxyl groups is 1. The van der Waals surface area contributed by atoms with E-state index in [9.17, 15) is 14.7 Å². The molecule has 0 bridgehead atoms. The number of carbonyl (C=O) groups is 2. The van der Waals surface area contributed by atoms with Crippen LogP contribution >= 0.6 is 0 Å². The van der Waals surface area contributed by atoms with E-state index in [0.29, 0.717) is 42.3 Å². The van der Waals surface area contributed by atoms with Crippen molar-refractivity contribution >= 4 is 11.9 Å². The lowest BCUT2D eigenvalue weighted by Gasteiger charge is -2.63. The van der Waals surface area contributed by atoms with Crippen LogP contribution in [0.4, 0.5) is 0 Å². The molecule has 1 saturated heterocycles. The number of esters is 1. The molecule has 5 saturated carbocycles. The topological polar surface area (TPSA) is 89.0 Å². The van der Waals surface area contributed by atoms with E-state index in [4.69, 9.17) is 9.47 Å². The van der Waals surface area contributed by atoms with E-state index < -0.39 is 6.10 Å². The normalized spacial score (nSPS) is 44.3. The van der Waals surface area contributed by atoms with Crippen LogP contribution in [-0.2, 0) is 20.8 Å². The molecule has 1 aliphatic heterocycles. The van der Waals surface area contributed by atoms with Crippen LogP contribution in [0.15, 0.2) is 54.9 Å². The smallest absolute Gasteiger partial charge is 0.339 e. The molecule has 6 fully saturated rings. The van der Waals surface area contributed by atoms with Gasteiger partial charge in [-0.2, -0.15) is 0 Å². The maximum Gasteiger partial charge on any atom is 0.339 e. The molecule has 12 atom stereocenters. The minimum Gasteiger partial charge on any atom is -0.458 e. The Kier molecular flexibility index (Phi) is 7.74. The van der Waals surface area contributed by atoms with E-state index in [1.807, 2.05) is 23.1 Å². The summed E-state index contributed by atoms with van der Waals surface area (Å²) in [6.07, 6.45) is 11.0. The molecule has 0 radical (unpaired) electrons. The molecular weight excluding hydrogens is 612 g/mol. The summed E-state index contributed by atoms with van der Waals surface area (Å²) in [5, 5.41) is 12.6. The van der Waals surface area contributed by atoms with Gasteiger partial charge in [0.15, 0.2) is 0 Å². The lowest BCUT2D eigenvalue weighted by Crippen LogP contribution is -2.60. The minimum atomic E-state index is -0.534. The van der Waals surface area contributed by atoms with E-state index in [1.165, 1.54) is 12.8 Å². The van der Waals surface area contributed by atoms with Crippen molar-refractivity contribution in [3.8, 4) is 0 Å². The third-order valence-electron chi connectivity index (χ3n) is 16.0. The summed E-state index contributed by atoms with van der Waals surface area (Å²) >= 11 is 0. The van der Waals surface area contributed by atoms with Crippen LogP contribution in [0.2, 0.25) is 0 Å². The van der Waals surface area contributed by atoms with Crippen molar-refractivity contribution in [1.29, 1.82) is 0 Å². The van der Waals surface area contributed by atoms with Gasteiger partial charge in [-0.3, -0.25) is 9.78 Å². The lowest BCUT2D eigenvalue weighted by atomic mass is 9.41. The van der Waals surface area contributed by atoms with Crippen LogP contribution in [0.3, 0.4) is 0 Å². The number of pyridine rings is 1. The molecule has 1 N–H and O–H groups in total. The largest absolute Gasteiger partial charge is 0.458 e. The Labute approximate surface area is 292 Å². The van der Waals surface area contributed by atoms with Gasteiger partial charge in [-0.25, -0.2) is 4.79 Å².